The standard InChI is InChI=1S/C10H15N3S/c1-5-6-9(10(14)12-4)8(2)13-7-11-3/h5-7H,4H2,1-3H3,(H,11,13)/b6-5-,9-8?. The van der Waals surface area contributed by atoms with Crippen LogP contribution in [-0.4, -0.2) is 25.1 Å². The summed E-state index contributed by atoms with van der Waals surface area (Å²) in [4.78, 5) is 8.03. The molecule has 0 saturated heterocycles. The lowest BCUT2D eigenvalue weighted by Crippen LogP contribution is -2.12. The average Bonchev–Trinajstić information content (AvgIpc) is 2.21. The monoisotopic (exact) mass is 209 g/mol. The van der Waals surface area contributed by atoms with Crippen LogP contribution in [0.1, 0.15) is 13.8 Å². The Balaban J connectivity index is 4.93. The summed E-state index contributed by atoms with van der Waals surface area (Å²) < 4.78 is 0. The second kappa shape index (κ2) is 7.15. The first kappa shape index (κ1) is 12.7. The molecular weight excluding hydrogens is 194 g/mol. The minimum atomic E-state index is 0.484. The first-order valence-electron chi connectivity index (χ1n) is 4.19. The van der Waals surface area contributed by atoms with E-state index in [9.17, 15) is 0 Å². The van der Waals surface area contributed by atoms with Crippen molar-refractivity contribution >= 4 is 30.3 Å². The van der Waals surface area contributed by atoms with Crippen LogP contribution in [-0.2, 0) is 0 Å². The van der Waals surface area contributed by atoms with Crippen molar-refractivity contribution in [3.05, 3.63) is 23.4 Å². The molecule has 0 heterocycles. The number of hydrogen-bond donors (Lipinski definition) is 1. The molecule has 0 amide bonds. The minimum absolute atomic E-state index is 0.484. The second-order valence-electron chi connectivity index (χ2n) is 2.53. The Hall–Kier alpha value is -1.29. The topological polar surface area (TPSA) is 36.8 Å². The predicted octanol–water partition coefficient (Wildman–Crippen LogP) is 2.11. The normalized spacial score (nSPS) is 13.1. The van der Waals surface area contributed by atoms with Crippen molar-refractivity contribution in [2.24, 2.45) is 9.98 Å². The molecule has 0 aromatic heterocycles. The Bertz CT molecular complexity index is 300. The summed E-state index contributed by atoms with van der Waals surface area (Å²) in [5.41, 5.74) is 1.77. The molecule has 0 rings (SSSR count). The zero-order valence-corrected chi connectivity index (χ0v) is 9.56. The molecule has 4 heteroatoms. The van der Waals surface area contributed by atoms with Crippen LogP contribution in [0.25, 0.3) is 0 Å². The molecule has 0 aromatic carbocycles. The van der Waals surface area contributed by atoms with E-state index in [2.05, 4.69) is 22.0 Å². The fraction of sp³-hybridized carbons (Fsp3) is 0.300. The molecule has 1 N–H and O–H groups in total. The van der Waals surface area contributed by atoms with Crippen LogP contribution >= 0.6 is 12.2 Å². The SMILES string of the molecule is C=NC(=S)C(/C=C\C)=C(C)NC=NC. The molecule has 0 fully saturated rings. The molecule has 0 unspecified atom stereocenters. The maximum Gasteiger partial charge on any atom is 0.134 e. The molecule has 0 aromatic rings. The molecule has 0 radical (unpaired) electrons. The van der Waals surface area contributed by atoms with Gasteiger partial charge in [-0.3, -0.25) is 9.98 Å². The highest BCUT2D eigenvalue weighted by Crippen LogP contribution is 2.07. The van der Waals surface area contributed by atoms with Crippen LogP contribution in [0.2, 0.25) is 0 Å². The molecule has 14 heavy (non-hydrogen) atoms. The van der Waals surface area contributed by atoms with Crippen molar-refractivity contribution in [2.45, 2.75) is 13.8 Å². The maximum atomic E-state index is 5.05. The molecule has 3 nitrogen and oxygen atoms in total. The van der Waals surface area contributed by atoms with Crippen LogP contribution in [0.15, 0.2) is 33.4 Å². The minimum Gasteiger partial charge on any atom is -0.350 e. The largest absolute Gasteiger partial charge is 0.350 e. The van der Waals surface area contributed by atoms with Crippen molar-refractivity contribution < 1.29 is 0 Å². The summed E-state index contributed by atoms with van der Waals surface area (Å²) in [6.07, 6.45) is 5.40. The summed E-state index contributed by atoms with van der Waals surface area (Å²) in [5.74, 6) is 0. The number of thiocarbonyl (C=S) groups is 1. The average molecular weight is 209 g/mol. The molecule has 0 aliphatic rings. The van der Waals surface area contributed by atoms with Gasteiger partial charge in [0.15, 0.2) is 0 Å². The quantitative estimate of drug-likeness (QED) is 0.253. The Kier molecular flexibility index (Phi) is 6.49. The second-order valence-corrected chi connectivity index (χ2v) is 2.92. The predicted molar refractivity (Wildman–Crippen MR) is 67.2 cm³/mol. The molecular formula is C10H15N3S. The van der Waals surface area contributed by atoms with E-state index in [1.165, 1.54) is 0 Å². The number of nitrogens with one attached hydrogen (secondary N) is 1. The van der Waals surface area contributed by atoms with Gasteiger partial charge in [-0.25, -0.2) is 0 Å². The molecule has 0 aliphatic carbocycles. The lowest BCUT2D eigenvalue weighted by atomic mass is 10.2. The van der Waals surface area contributed by atoms with Crippen molar-refractivity contribution in [3.8, 4) is 0 Å². The first-order chi connectivity index (χ1) is 6.67. The zero-order valence-electron chi connectivity index (χ0n) is 8.74. The fourth-order valence-corrected chi connectivity index (χ4v) is 1.07. The van der Waals surface area contributed by atoms with Gasteiger partial charge in [-0.2, -0.15) is 0 Å². The molecule has 76 valence electrons. The van der Waals surface area contributed by atoms with E-state index in [0.29, 0.717) is 4.99 Å². The van der Waals surface area contributed by atoms with E-state index in [1.54, 1.807) is 13.4 Å². The van der Waals surface area contributed by atoms with Crippen LogP contribution in [0.3, 0.4) is 0 Å². The van der Waals surface area contributed by atoms with Gasteiger partial charge >= 0.3 is 0 Å². The highest BCUT2D eigenvalue weighted by Gasteiger charge is 2.02. The summed E-state index contributed by atoms with van der Waals surface area (Å²) in [6.45, 7) is 7.24. The van der Waals surface area contributed by atoms with Gasteiger partial charge in [-0.15, -0.1) is 0 Å². The third-order valence-electron chi connectivity index (χ3n) is 1.52. The third-order valence-corrected chi connectivity index (χ3v) is 1.87. The highest BCUT2D eigenvalue weighted by molar-refractivity contribution is 7.80. The Labute approximate surface area is 90.3 Å². The van der Waals surface area contributed by atoms with Crippen LogP contribution in [0.5, 0.6) is 0 Å². The number of nitrogens with zero attached hydrogens (tertiary/aromatic N) is 2. The van der Waals surface area contributed by atoms with E-state index < -0.39 is 0 Å². The summed E-state index contributed by atoms with van der Waals surface area (Å²) in [6, 6.07) is 0. The van der Waals surface area contributed by atoms with E-state index in [1.807, 2.05) is 26.0 Å². The Morgan fingerprint density at radius 1 is 1.50 bits per heavy atom. The zero-order chi connectivity index (χ0) is 11.0. The van der Waals surface area contributed by atoms with Crippen molar-refractivity contribution in [1.29, 1.82) is 0 Å². The van der Waals surface area contributed by atoms with Gasteiger partial charge in [0.2, 0.25) is 0 Å². The number of rotatable bonds is 4. The van der Waals surface area contributed by atoms with Gasteiger partial charge in [0.05, 0.1) is 6.34 Å². The molecule has 0 spiro atoms. The van der Waals surface area contributed by atoms with Crippen LogP contribution in [0, 0.1) is 0 Å². The fourth-order valence-electron chi connectivity index (χ4n) is 0.848. The number of aliphatic imine (C=N–C) groups is 2. The van der Waals surface area contributed by atoms with Crippen molar-refractivity contribution in [1.82, 2.24) is 5.32 Å². The molecule has 0 atom stereocenters. The van der Waals surface area contributed by atoms with Crippen molar-refractivity contribution in [3.63, 3.8) is 0 Å². The van der Waals surface area contributed by atoms with Gasteiger partial charge in [0, 0.05) is 18.3 Å². The van der Waals surface area contributed by atoms with Gasteiger partial charge in [-0.1, -0.05) is 24.4 Å². The van der Waals surface area contributed by atoms with E-state index in [0.717, 1.165) is 11.3 Å². The van der Waals surface area contributed by atoms with E-state index in [4.69, 9.17) is 12.2 Å². The summed E-state index contributed by atoms with van der Waals surface area (Å²) in [7, 11) is 1.69. The van der Waals surface area contributed by atoms with Gasteiger partial charge in [0.25, 0.3) is 0 Å². The Morgan fingerprint density at radius 2 is 2.14 bits per heavy atom. The molecule has 0 bridgehead atoms. The lowest BCUT2D eigenvalue weighted by Gasteiger charge is -2.05. The van der Waals surface area contributed by atoms with E-state index >= 15 is 0 Å². The Morgan fingerprint density at radius 3 is 2.57 bits per heavy atom. The van der Waals surface area contributed by atoms with Crippen molar-refractivity contribution in [2.75, 3.05) is 7.05 Å². The summed E-state index contributed by atoms with van der Waals surface area (Å²) >= 11 is 5.05. The van der Waals surface area contributed by atoms with Gasteiger partial charge in [0.1, 0.15) is 4.99 Å². The van der Waals surface area contributed by atoms with E-state index in [-0.39, 0.29) is 0 Å². The molecule has 0 saturated carbocycles. The smallest absolute Gasteiger partial charge is 0.134 e. The highest BCUT2D eigenvalue weighted by atomic mass is 32.1. The lowest BCUT2D eigenvalue weighted by molar-refractivity contribution is 1.12. The van der Waals surface area contributed by atoms with Crippen LogP contribution in [0.4, 0.5) is 0 Å². The number of hydrogen-bond acceptors (Lipinski definition) is 2. The maximum absolute atomic E-state index is 5.05. The third kappa shape index (κ3) is 4.09. The number of allylic oxidation sites excluding steroid dienone is 2. The summed E-state index contributed by atoms with van der Waals surface area (Å²) in [5, 5.41) is 2.99. The first-order valence-corrected chi connectivity index (χ1v) is 4.60. The van der Waals surface area contributed by atoms with Gasteiger partial charge < -0.3 is 5.32 Å². The van der Waals surface area contributed by atoms with Crippen LogP contribution < -0.4 is 5.32 Å². The molecule has 0 aliphatic heterocycles. The van der Waals surface area contributed by atoms with Gasteiger partial charge in [-0.05, 0) is 20.6 Å².